The summed E-state index contributed by atoms with van der Waals surface area (Å²) in [6, 6.07) is 9.15. The largest absolute Gasteiger partial charge is 0.443 e. The van der Waals surface area contributed by atoms with E-state index in [4.69, 9.17) is 4.74 Å². The molecule has 2 amide bonds. The highest BCUT2D eigenvalue weighted by atomic mass is 16.6. The Labute approximate surface area is 98.2 Å². The van der Waals surface area contributed by atoms with E-state index in [0.717, 1.165) is 11.8 Å². The van der Waals surface area contributed by atoms with Gasteiger partial charge in [-0.3, -0.25) is 9.63 Å². The quantitative estimate of drug-likeness (QED) is 0.626. The number of hydroxylamine groups is 1. The average Bonchev–Trinajstić information content (AvgIpc) is 2.35. The lowest BCUT2D eigenvalue weighted by atomic mass is 10.2. The fourth-order valence-corrected chi connectivity index (χ4v) is 0.995. The van der Waals surface area contributed by atoms with Gasteiger partial charge in [0, 0.05) is 0 Å². The smallest absolute Gasteiger partial charge is 0.434 e. The van der Waals surface area contributed by atoms with Crippen molar-refractivity contribution in [2.75, 3.05) is 7.11 Å². The Morgan fingerprint density at radius 2 is 2.06 bits per heavy atom. The number of benzene rings is 1. The zero-order valence-electron chi connectivity index (χ0n) is 9.25. The number of ether oxygens (including phenoxy) is 1. The van der Waals surface area contributed by atoms with Gasteiger partial charge in [0.1, 0.15) is 12.8 Å². The SMILES string of the molecule is CONC(=O)/C=N/C(=O)OCc1ccccc1. The lowest BCUT2D eigenvalue weighted by molar-refractivity contribution is -0.123. The predicted octanol–water partition coefficient (Wildman–Crippen LogP) is 1.07. The molecule has 1 N–H and O–H groups in total. The maximum atomic E-state index is 11.1. The lowest BCUT2D eigenvalue weighted by Gasteiger charge is -2.00. The fourth-order valence-electron chi connectivity index (χ4n) is 0.995. The second-order valence-corrected chi connectivity index (χ2v) is 2.97. The van der Waals surface area contributed by atoms with Crippen molar-refractivity contribution in [2.45, 2.75) is 6.61 Å². The van der Waals surface area contributed by atoms with Crippen molar-refractivity contribution in [1.29, 1.82) is 0 Å². The molecule has 17 heavy (non-hydrogen) atoms. The molecule has 0 fully saturated rings. The molecule has 6 nitrogen and oxygen atoms in total. The maximum Gasteiger partial charge on any atom is 0.434 e. The predicted molar refractivity (Wildman–Crippen MR) is 60.3 cm³/mol. The molecule has 0 radical (unpaired) electrons. The Bertz CT molecular complexity index is 403. The summed E-state index contributed by atoms with van der Waals surface area (Å²) in [7, 11) is 1.28. The standard InChI is InChI=1S/C11H12N2O4/c1-16-13-10(14)7-12-11(15)17-8-9-5-3-2-4-6-9/h2-7H,8H2,1H3,(H,13,14)/b12-7+. The highest BCUT2D eigenvalue weighted by Crippen LogP contribution is 2.00. The fraction of sp³-hybridized carbons (Fsp3) is 0.182. The van der Waals surface area contributed by atoms with Crippen molar-refractivity contribution in [2.24, 2.45) is 4.99 Å². The van der Waals surface area contributed by atoms with E-state index in [9.17, 15) is 9.59 Å². The van der Waals surface area contributed by atoms with Crippen LogP contribution in [-0.4, -0.2) is 25.3 Å². The minimum absolute atomic E-state index is 0.114. The summed E-state index contributed by atoms with van der Waals surface area (Å²) < 4.78 is 4.80. The van der Waals surface area contributed by atoms with Gasteiger partial charge in [-0.25, -0.2) is 10.3 Å². The number of rotatable bonds is 4. The molecule has 0 saturated heterocycles. The van der Waals surface area contributed by atoms with Crippen LogP contribution in [0.5, 0.6) is 0 Å². The Kier molecular flexibility index (Phi) is 5.39. The molecule has 1 rings (SSSR count). The van der Waals surface area contributed by atoms with Crippen LogP contribution in [0.3, 0.4) is 0 Å². The molecule has 0 unspecified atom stereocenters. The zero-order chi connectivity index (χ0) is 12.5. The van der Waals surface area contributed by atoms with Gasteiger partial charge in [0.25, 0.3) is 5.91 Å². The maximum absolute atomic E-state index is 11.1. The first-order chi connectivity index (χ1) is 8.22. The molecule has 1 aromatic rings. The second-order valence-electron chi connectivity index (χ2n) is 2.97. The van der Waals surface area contributed by atoms with Crippen LogP contribution in [0.2, 0.25) is 0 Å². The highest BCUT2D eigenvalue weighted by molar-refractivity contribution is 6.27. The topological polar surface area (TPSA) is 77.0 Å². The summed E-state index contributed by atoms with van der Waals surface area (Å²) in [6.45, 7) is 0.114. The minimum atomic E-state index is -0.833. The molecule has 0 saturated carbocycles. The van der Waals surface area contributed by atoms with Crippen LogP contribution < -0.4 is 5.48 Å². The van der Waals surface area contributed by atoms with E-state index < -0.39 is 12.0 Å². The summed E-state index contributed by atoms with van der Waals surface area (Å²) in [5.74, 6) is -0.635. The monoisotopic (exact) mass is 236 g/mol. The van der Waals surface area contributed by atoms with Crippen molar-refractivity contribution in [3.8, 4) is 0 Å². The molecule has 0 aliphatic rings. The van der Waals surface area contributed by atoms with Gasteiger partial charge in [-0.2, -0.15) is 4.99 Å². The Balaban J connectivity index is 2.33. The lowest BCUT2D eigenvalue weighted by Crippen LogP contribution is -2.23. The van der Waals surface area contributed by atoms with Gasteiger partial charge in [0.15, 0.2) is 0 Å². The van der Waals surface area contributed by atoms with Gasteiger partial charge in [-0.1, -0.05) is 30.3 Å². The summed E-state index contributed by atoms with van der Waals surface area (Å²) in [5, 5.41) is 0. The van der Waals surface area contributed by atoms with E-state index in [1.165, 1.54) is 7.11 Å². The first-order valence-electron chi connectivity index (χ1n) is 4.80. The van der Waals surface area contributed by atoms with Crippen molar-refractivity contribution < 1.29 is 19.2 Å². The number of carbonyl (C=O) groups is 2. The molecule has 0 spiro atoms. The van der Waals surface area contributed by atoms with Crippen molar-refractivity contribution in [3.63, 3.8) is 0 Å². The summed E-state index contributed by atoms with van der Waals surface area (Å²) in [4.78, 5) is 29.5. The zero-order valence-corrected chi connectivity index (χ0v) is 9.25. The van der Waals surface area contributed by atoms with E-state index in [1.807, 2.05) is 35.8 Å². The van der Waals surface area contributed by atoms with E-state index in [1.54, 1.807) is 0 Å². The van der Waals surface area contributed by atoms with Gasteiger partial charge >= 0.3 is 6.09 Å². The number of amides is 2. The van der Waals surface area contributed by atoms with Gasteiger partial charge < -0.3 is 4.74 Å². The second kappa shape index (κ2) is 7.13. The molecule has 0 atom stereocenters. The third kappa shape index (κ3) is 5.43. The van der Waals surface area contributed by atoms with Crippen molar-refractivity contribution in [1.82, 2.24) is 5.48 Å². The van der Waals surface area contributed by atoms with Crippen LogP contribution in [0.15, 0.2) is 35.3 Å². The first kappa shape index (κ1) is 12.9. The molecule has 6 heteroatoms. The van der Waals surface area contributed by atoms with E-state index in [-0.39, 0.29) is 6.61 Å². The van der Waals surface area contributed by atoms with Crippen molar-refractivity contribution in [3.05, 3.63) is 35.9 Å². The van der Waals surface area contributed by atoms with Crippen LogP contribution in [-0.2, 0) is 21.0 Å². The van der Waals surface area contributed by atoms with E-state index >= 15 is 0 Å². The van der Waals surface area contributed by atoms with Gasteiger partial charge in [-0.05, 0) is 5.56 Å². The number of hydrogen-bond acceptors (Lipinski definition) is 4. The third-order valence-electron chi connectivity index (χ3n) is 1.70. The first-order valence-corrected chi connectivity index (χ1v) is 4.80. The number of nitrogens with one attached hydrogen (secondary N) is 1. The Morgan fingerprint density at radius 3 is 2.71 bits per heavy atom. The molecule has 0 heterocycles. The molecule has 90 valence electrons. The minimum Gasteiger partial charge on any atom is -0.443 e. The molecule has 1 aromatic carbocycles. The Hall–Kier alpha value is -2.21. The Morgan fingerprint density at radius 1 is 1.35 bits per heavy atom. The van der Waals surface area contributed by atoms with E-state index in [0.29, 0.717) is 0 Å². The number of nitrogens with zero attached hydrogens (tertiary/aromatic N) is 1. The number of carbonyl (C=O) groups excluding carboxylic acids is 2. The van der Waals surface area contributed by atoms with Gasteiger partial charge in [0.05, 0.1) is 7.11 Å². The van der Waals surface area contributed by atoms with Crippen LogP contribution in [0.4, 0.5) is 4.79 Å². The molecule has 0 aliphatic carbocycles. The van der Waals surface area contributed by atoms with Crippen LogP contribution >= 0.6 is 0 Å². The summed E-state index contributed by atoms with van der Waals surface area (Å²) >= 11 is 0. The van der Waals surface area contributed by atoms with Gasteiger partial charge in [-0.15, -0.1) is 0 Å². The summed E-state index contributed by atoms with van der Waals surface area (Å²) in [6.07, 6.45) is -0.0447. The summed E-state index contributed by atoms with van der Waals surface area (Å²) in [5.41, 5.74) is 2.82. The van der Waals surface area contributed by atoms with Crippen molar-refractivity contribution >= 4 is 18.2 Å². The average molecular weight is 236 g/mol. The molecular weight excluding hydrogens is 224 g/mol. The van der Waals surface area contributed by atoms with Crippen LogP contribution in [0.25, 0.3) is 0 Å². The number of aliphatic imine (C=N–C) groups is 1. The van der Waals surface area contributed by atoms with Gasteiger partial charge in [0.2, 0.25) is 0 Å². The normalized spacial score (nSPS) is 10.2. The highest BCUT2D eigenvalue weighted by Gasteiger charge is 2.01. The van der Waals surface area contributed by atoms with Crippen LogP contribution in [0.1, 0.15) is 5.56 Å². The molecule has 0 aliphatic heterocycles. The van der Waals surface area contributed by atoms with E-state index in [2.05, 4.69) is 9.83 Å². The molecule has 0 aromatic heterocycles. The van der Waals surface area contributed by atoms with Crippen LogP contribution in [0, 0.1) is 0 Å². The third-order valence-corrected chi connectivity index (χ3v) is 1.70. The molecule has 0 bridgehead atoms. The number of hydrogen-bond donors (Lipinski definition) is 1. The molecular formula is C11H12N2O4.